The smallest absolute Gasteiger partial charge is 0.238 e. The van der Waals surface area contributed by atoms with Crippen LogP contribution in [0.3, 0.4) is 0 Å². The molecule has 21 aromatic carbocycles. The van der Waals surface area contributed by atoms with E-state index in [2.05, 4.69) is 478 Å². The largest absolute Gasteiger partial charge is 0.309 e. The Morgan fingerprint density at radius 2 is 0.660 bits per heavy atom. The first kappa shape index (κ1) is 88.4. The number of hydrogen-bond donors (Lipinski definition) is 0. The maximum atomic E-state index is 5.22. The molecule has 5 aromatic heterocycles. The SMILES string of the molecule is CC1(C)c2ccccc2-c2cc3c(cc21)C(c1cccc(-c2nc(-c4ccccc4)nc(-c4ccc(-c5ccccc5)cc4)n2)c1)c1ccccc1-3.c1ccc(-c2cc(-c3ccccc3)nc(-c3cccc(-n4c5ccccc5c5cc(-c6ccc7c(c6)-c6ccccc6C7)ccc54)c3)c2)cc1.c1ccc(-c2nc(-c3ccccc3)nc(-n3c4ccccc4c4cc5c(cc43)C(c3ccccc3)c3ccc4ccccc4c3-5)n2)cc1. The Balaban J connectivity index is 0.000000108. The van der Waals surface area contributed by atoms with Crippen LogP contribution in [0.25, 0.3) is 223 Å². The molecule has 0 aliphatic heterocycles. The molecule has 0 bridgehead atoms. The van der Waals surface area contributed by atoms with Gasteiger partial charge in [-0.1, -0.05) is 451 Å². The van der Waals surface area contributed by atoms with Crippen LogP contribution >= 0.6 is 0 Å². The Hall–Kier alpha value is -19.4. The summed E-state index contributed by atoms with van der Waals surface area (Å²) in [5.41, 5.74) is 45.7. The Morgan fingerprint density at radius 3 is 1.33 bits per heavy atom. The van der Waals surface area contributed by atoms with E-state index >= 15 is 0 Å². The molecule has 0 spiro atoms. The minimum absolute atomic E-state index is 0.0729. The predicted octanol–water partition coefficient (Wildman–Crippen LogP) is 35.0. The first-order valence-corrected chi connectivity index (χ1v) is 51.6. The second-order valence-electron chi connectivity index (χ2n) is 40.0. The van der Waals surface area contributed by atoms with Crippen LogP contribution in [0.15, 0.2) is 516 Å². The molecule has 30 rings (SSSR count). The summed E-state index contributed by atoms with van der Waals surface area (Å²) in [5, 5.41) is 7.39. The topological polar surface area (TPSA) is 100 Å². The van der Waals surface area contributed by atoms with Crippen molar-refractivity contribution in [2.45, 2.75) is 37.5 Å². The Bertz CT molecular complexity index is 9690. The number of nitrogens with zero attached hydrogens (tertiary/aromatic N) is 9. The van der Waals surface area contributed by atoms with Gasteiger partial charge in [-0.3, -0.25) is 4.57 Å². The van der Waals surface area contributed by atoms with E-state index in [4.69, 9.17) is 34.9 Å². The number of rotatable bonds is 14. The number of fused-ring (bicyclic) bond motifs is 20. The first-order chi connectivity index (χ1) is 74.1. The molecule has 26 aromatic rings. The molecule has 0 saturated carbocycles. The van der Waals surface area contributed by atoms with E-state index in [0.29, 0.717) is 35.1 Å². The van der Waals surface area contributed by atoms with Crippen molar-refractivity contribution in [1.29, 1.82) is 0 Å². The van der Waals surface area contributed by atoms with Gasteiger partial charge in [0.15, 0.2) is 29.1 Å². The summed E-state index contributed by atoms with van der Waals surface area (Å²) in [7, 11) is 0. The average Bonchev–Trinajstić information content (AvgIpc) is 1.55. The lowest BCUT2D eigenvalue weighted by atomic mass is 9.80. The minimum Gasteiger partial charge on any atom is -0.309 e. The molecular weight excluding hydrogens is 1820 g/mol. The van der Waals surface area contributed by atoms with Gasteiger partial charge in [-0.2, -0.15) is 9.97 Å². The van der Waals surface area contributed by atoms with Gasteiger partial charge in [0, 0.05) is 83.4 Å². The monoisotopic (exact) mass is 1910 g/mol. The van der Waals surface area contributed by atoms with Crippen LogP contribution in [0.5, 0.6) is 0 Å². The van der Waals surface area contributed by atoms with Crippen molar-refractivity contribution >= 4 is 54.4 Å². The fourth-order valence-electron chi connectivity index (χ4n) is 23.8. The highest BCUT2D eigenvalue weighted by molar-refractivity contribution is 6.14. The van der Waals surface area contributed by atoms with Crippen LogP contribution < -0.4 is 0 Å². The van der Waals surface area contributed by atoms with E-state index in [-0.39, 0.29) is 17.3 Å². The maximum Gasteiger partial charge on any atom is 0.238 e. The van der Waals surface area contributed by atoms with E-state index < -0.39 is 0 Å². The van der Waals surface area contributed by atoms with Gasteiger partial charge in [-0.05, 0) is 230 Å². The van der Waals surface area contributed by atoms with Gasteiger partial charge in [0.1, 0.15) is 0 Å². The molecular formula is C141H95N9. The summed E-state index contributed by atoms with van der Waals surface area (Å²) >= 11 is 0. The fraction of sp³-hybridized carbons (Fsp3) is 0.0426. The van der Waals surface area contributed by atoms with E-state index in [1.54, 1.807) is 0 Å². The van der Waals surface area contributed by atoms with E-state index in [9.17, 15) is 0 Å². The van der Waals surface area contributed by atoms with Crippen LogP contribution in [0.1, 0.15) is 81.3 Å². The minimum atomic E-state index is -0.0729. The maximum absolute atomic E-state index is 5.22. The zero-order chi connectivity index (χ0) is 99.4. The van der Waals surface area contributed by atoms with Crippen LogP contribution in [0.4, 0.5) is 0 Å². The zero-order valence-electron chi connectivity index (χ0n) is 82.5. The number of benzene rings is 21. The molecule has 2 unspecified atom stereocenters. The fourth-order valence-corrected chi connectivity index (χ4v) is 23.8. The van der Waals surface area contributed by atoms with Crippen LogP contribution in [0.2, 0.25) is 0 Å². The second kappa shape index (κ2) is 36.7. The molecule has 9 heteroatoms. The van der Waals surface area contributed by atoms with Crippen LogP contribution in [-0.2, 0) is 11.8 Å². The van der Waals surface area contributed by atoms with E-state index in [0.717, 1.165) is 84.6 Å². The number of pyridine rings is 1. The lowest BCUT2D eigenvalue weighted by Crippen LogP contribution is -2.15. The van der Waals surface area contributed by atoms with Gasteiger partial charge in [0.25, 0.3) is 0 Å². The van der Waals surface area contributed by atoms with E-state index in [1.165, 1.54) is 166 Å². The number of para-hydroxylation sites is 2. The molecule has 0 radical (unpaired) electrons. The Labute approximate surface area is 870 Å². The third kappa shape index (κ3) is 15.5. The average molecular weight is 1920 g/mol. The molecule has 0 saturated heterocycles. The van der Waals surface area contributed by atoms with Crippen molar-refractivity contribution in [3.8, 4) is 169 Å². The molecule has 704 valence electrons. The van der Waals surface area contributed by atoms with Gasteiger partial charge in [-0.25, -0.2) is 24.9 Å². The summed E-state index contributed by atoms with van der Waals surface area (Å²) in [6, 6.07) is 184. The lowest BCUT2D eigenvalue weighted by molar-refractivity contribution is 0.659. The number of hydrogen-bond acceptors (Lipinski definition) is 7. The highest BCUT2D eigenvalue weighted by Gasteiger charge is 2.41. The highest BCUT2D eigenvalue weighted by Crippen LogP contribution is 2.58. The molecule has 5 heterocycles. The van der Waals surface area contributed by atoms with Crippen molar-refractivity contribution in [3.63, 3.8) is 0 Å². The molecule has 9 nitrogen and oxygen atoms in total. The van der Waals surface area contributed by atoms with Gasteiger partial charge >= 0.3 is 0 Å². The molecule has 4 aliphatic rings. The summed E-state index contributed by atoms with van der Waals surface area (Å²) in [4.78, 5) is 35.7. The van der Waals surface area contributed by atoms with Gasteiger partial charge in [0.05, 0.1) is 33.5 Å². The lowest BCUT2D eigenvalue weighted by Gasteiger charge is -2.23. The second-order valence-corrected chi connectivity index (χ2v) is 40.0. The van der Waals surface area contributed by atoms with Crippen molar-refractivity contribution in [1.82, 2.24) is 44.0 Å². The van der Waals surface area contributed by atoms with E-state index in [1.807, 2.05) is 60.7 Å². The van der Waals surface area contributed by atoms with Crippen molar-refractivity contribution in [3.05, 3.63) is 571 Å². The molecule has 0 fully saturated rings. The summed E-state index contributed by atoms with van der Waals surface area (Å²) in [6.45, 7) is 4.72. The van der Waals surface area contributed by atoms with Crippen molar-refractivity contribution in [2.24, 2.45) is 0 Å². The standard InChI is InChI=1S/C49H35N3.C48H32N2.C44H28N4/c1-49(2)43-23-12-11-21-38(43)41-29-40-37-20-9-10-22-39(37)45(42(40)30-44(41)49)35-18-13-19-36(28-35)48-51-46(33-16-7-4-8-17-33)50-47(52-48)34-26-24-32(25-27-34)31-14-5-3-6-15-31;1-3-12-32(13-4-1)39-30-45(33-14-5-2-6-15-33)49-46(31-39)38-17-11-18-40(27-38)50-47-21-10-9-20-42(47)44-29-35(24-25-48(44)50)34-22-23-37-26-36-16-7-8-19-41(36)43(37)28-34;1-4-15-29(16-5-1)40-34-25-24-28-14-10-11-21-32(28)41(34)36-26-35-33-22-12-13-23-38(33)48(39(35)27-37(36)40)44-46-42(30-17-6-2-7-18-30)45-43(47-44)31-19-8-3-9-20-31/h3-30,45H,1-2H3;1-25,27-31H,26H2;1-27,40H. The van der Waals surface area contributed by atoms with Gasteiger partial charge in [0.2, 0.25) is 5.95 Å². The first-order valence-electron chi connectivity index (χ1n) is 51.6. The Kier molecular flexibility index (Phi) is 21.6. The molecule has 0 amide bonds. The third-order valence-electron chi connectivity index (χ3n) is 30.9. The van der Waals surface area contributed by atoms with Crippen LogP contribution in [-0.4, -0.2) is 44.0 Å². The Morgan fingerprint density at radius 1 is 0.207 bits per heavy atom. The molecule has 0 N–H and O–H groups in total. The molecule has 2 atom stereocenters. The molecule has 4 aliphatic carbocycles. The summed E-state index contributed by atoms with van der Waals surface area (Å²) < 4.78 is 4.63. The van der Waals surface area contributed by atoms with Gasteiger partial charge < -0.3 is 4.57 Å². The normalized spacial score (nSPS) is 13.4. The summed E-state index contributed by atoms with van der Waals surface area (Å²) in [6.07, 6.45) is 1.01. The third-order valence-corrected chi connectivity index (χ3v) is 30.9. The van der Waals surface area contributed by atoms with Crippen molar-refractivity contribution < 1.29 is 0 Å². The highest BCUT2D eigenvalue weighted by atomic mass is 15.2. The van der Waals surface area contributed by atoms with Crippen molar-refractivity contribution in [2.75, 3.05) is 0 Å². The van der Waals surface area contributed by atoms with Gasteiger partial charge in [-0.15, -0.1) is 0 Å². The molecule has 150 heavy (non-hydrogen) atoms. The summed E-state index contributed by atoms with van der Waals surface area (Å²) in [5.74, 6) is 4.07. The quantitative estimate of drug-likeness (QED) is 0.107. The predicted molar refractivity (Wildman–Crippen MR) is 616 cm³/mol. The van der Waals surface area contributed by atoms with Crippen LogP contribution in [0, 0.1) is 0 Å². The zero-order valence-corrected chi connectivity index (χ0v) is 82.5. The number of aromatic nitrogens is 9.